The van der Waals surface area contributed by atoms with Crippen molar-refractivity contribution in [3.8, 4) is 11.3 Å². The molecular formula is C16H19NSe. The second-order valence-corrected chi connectivity index (χ2v) is 7.14. The van der Waals surface area contributed by atoms with Crippen LogP contribution in [0.2, 0.25) is 0 Å². The summed E-state index contributed by atoms with van der Waals surface area (Å²) >= 11 is 0.502. The van der Waals surface area contributed by atoms with Crippen molar-refractivity contribution in [1.82, 2.24) is 4.98 Å². The Hall–Kier alpha value is -0.851. The molecule has 18 heavy (non-hydrogen) atoms. The number of hydrogen-bond acceptors (Lipinski definition) is 1. The molecule has 0 radical (unpaired) electrons. The molecule has 0 aliphatic heterocycles. The van der Waals surface area contributed by atoms with Gasteiger partial charge in [0.15, 0.2) is 0 Å². The van der Waals surface area contributed by atoms with E-state index in [0.29, 0.717) is 14.5 Å². The second kappa shape index (κ2) is 5.42. The Morgan fingerprint density at radius 2 is 1.78 bits per heavy atom. The molecule has 3 rings (SSSR count). The minimum absolute atomic E-state index is 0.502. The third kappa shape index (κ3) is 2.60. The molecule has 1 aliphatic rings. The maximum atomic E-state index is 4.92. The number of benzene rings is 1. The molecule has 1 fully saturated rings. The number of aryl methyl sites for hydroxylation is 1. The van der Waals surface area contributed by atoms with Gasteiger partial charge in [-0.15, -0.1) is 0 Å². The standard InChI is InChI=1S/C16H19NSe/c1-12-7-9-13(10-8-12)15-11-18-16(17-15)14-5-3-2-4-6-14/h7-11,14H,2-6H2,1H3. The van der Waals surface area contributed by atoms with Gasteiger partial charge in [-0.25, -0.2) is 0 Å². The van der Waals surface area contributed by atoms with E-state index in [2.05, 4.69) is 36.1 Å². The Labute approximate surface area is 115 Å². The van der Waals surface area contributed by atoms with Crippen LogP contribution >= 0.6 is 0 Å². The Kier molecular flexibility index (Phi) is 3.67. The predicted molar refractivity (Wildman–Crippen MR) is 77.2 cm³/mol. The van der Waals surface area contributed by atoms with Crippen molar-refractivity contribution in [2.45, 2.75) is 44.9 Å². The summed E-state index contributed by atoms with van der Waals surface area (Å²) in [6.07, 6.45) is 6.97. The fraction of sp³-hybridized carbons (Fsp3) is 0.438. The Bertz CT molecular complexity index is 506. The van der Waals surface area contributed by atoms with Gasteiger partial charge in [0.2, 0.25) is 0 Å². The van der Waals surface area contributed by atoms with Crippen LogP contribution in [0.3, 0.4) is 0 Å². The van der Waals surface area contributed by atoms with Crippen LogP contribution < -0.4 is 0 Å². The Morgan fingerprint density at radius 1 is 1.06 bits per heavy atom. The van der Waals surface area contributed by atoms with E-state index in [1.165, 1.54) is 53.5 Å². The molecule has 0 bridgehead atoms. The first kappa shape index (κ1) is 12.2. The zero-order valence-electron chi connectivity index (χ0n) is 10.9. The molecule has 1 aliphatic carbocycles. The molecule has 2 heteroatoms. The van der Waals surface area contributed by atoms with Gasteiger partial charge < -0.3 is 0 Å². The van der Waals surface area contributed by atoms with Crippen LogP contribution in [0.15, 0.2) is 29.2 Å². The van der Waals surface area contributed by atoms with E-state index in [1.54, 1.807) is 0 Å². The van der Waals surface area contributed by atoms with Crippen LogP contribution in [0.1, 0.15) is 48.2 Å². The van der Waals surface area contributed by atoms with Gasteiger partial charge in [0, 0.05) is 0 Å². The van der Waals surface area contributed by atoms with Gasteiger partial charge in [0.05, 0.1) is 0 Å². The van der Waals surface area contributed by atoms with Gasteiger partial charge in [-0.3, -0.25) is 0 Å². The zero-order valence-corrected chi connectivity index (χ0v) is 12.6. The van der Waals surface area contributed by atoms with Gasteiger partial charge in [0.25, 0.3) is 0 Å². The fourth-order valence-electron chi connectivity index (χ4n) is 2.68. The van der Waals surface area contributed by atoms with Crippen molar-refractivity contribution in [2.75, 3.05) is 0 Å². The van der Waals surface area contributed by atoms with Crippen LogP contribution in [0.5, 0.6) is 0 Å². The molecule has 0 saturated heterocycles. The summed E-state index contributed by atoms with van der Waals surface area (Å²) in [5.74, 6) is 0.790. The molecule has 0 spiro atoms. The SMILES string of the molecule is Cc1ccc(-c2c[se]c(C3CCCCC3)n2)cc1. The predicted octanol–water partition coefficient (Wildman–Crippen LogP) is 4.16. The van der Waals surface area contributed by atoms with Crippen molar-refractivity contribution in [3.05, 3.63) is 39.3 Å². The van der Waals surface area contributed by atoms with Crippen molar-refractivity contribution in [3.63, 3.8) is 0 Å². The van der Waals surface area contributed by atoms with Crippen LogP contribution in [-0.4, -0.2) is 19.5 Å². The molecule has 0 N–H and O–H groups in total. The average molecular weight is 304 g/mol. The first-order valence-electron chi connectivity index (χ1n) is 6.85. The molecule has 1 aromatic carbocycles. The van der Waals surface area contributed by atoms with E-state index in [0.717, 1.165) is 5.92 Å². The zero-order chi connectivity index (χ0) is 12.4. The summed E-state index contributed by atoms with van der Waals surface area (Å²) in [5.41, 5.74) is 3.82. The molecule has 1 aromatic heterocycles. The van der Waals surface area contributed by atoms with Crippen molar-refractivity contribution < 1.29 is 0 Å². The molecule has 0 atom stereocenters. The van der Waals surface area contributed by atoms with Gasteiger partial charge >= 0.3 is 115 Å². The van der Waals surface area contributed by atoms with E-state index < -0.39 is 0 Å². The normalized spacial score (nSPS) is 16.9. The second-order valence-electron chi connectivity index (χ2n) is 5.27. The minimum atomic E-state index is 0.502. The molecule has 1 saturated carbocycles. The van der Waals surface area contributed by atoms with E-state index in [9.17, 15) is 0 Å². The molecule has 0 amide bonds. The molecule has 1 heterocycles. The molecule has 0 unspecified atom stereocenters. The van der Waals surface area contributed by atoms with E-state index in [4.69, 9.17) is 4.98 Å². The summed E-state index contributed by atoms with van der Waals surface area (Å²) in [5, 5.41) is 0. The summed E-state index contributed by atoms with van der Waals surface area (Å²) in [6.45, 7) is 2.13. The number of rotatable bonds is 2. The monoisotopic (exact) mass is 305 g/mol. The van der Waals surface area contributed by atoms with Crippen LogP contribution in [0.25, 0.3) is 11.3 Å². The van der Waals surface area contributed by atoms with Gasteiger partial charge in [-0.05, 0) is 0 Å². The molecular weight excluding hydrogens is 285 g/mol. The topological polar surface area (TPSA) is 12.9 Å². The quantitative estimate of drug-likeness (QED) is 0.759. The summed E-state index contributed by atoms with van der Waals surface area (Å²) in [7, 11) is 0. The molecule has 2 aromatic rings. The van der Waals surface area contributed by atoms with Crippen molar-refractivity contribution in [2.24, 2.45) is 0 Å². The third-order valence-corrected chi connectivity index (χ3v) is 5.94. The average Bonchev–Trinajstić information content (AvgIpc) is 2.90. The van der Waals surface area contributed by atoms with Crippen molar-refractivity contribution in [1.29, 1.82) is 0 Å². The van der Waals surface area contributed by atoms with Crippen LogP contribution in [0.4, 0.5) is 0 Å². The summed E-state index contributed by atoms with van der Waals surface area (Å²) in [4.78, 5) is 7.28. The first-order chi connectivity index (χ1) is 8.83. The third-order valence-electron chi connectivity index (χ3n) is 3.82. The number of aromatic nitrogens is 1. The van der Waals surface area contributed by atoms with Gasteiger partial charge in [-0.1, -0.05) is 0 Å². The van der Waals surface area contributed by atoms with Gasteiger partial charge in [-0.2, -0.15) is 0 Å². The number of nitrogens with zero attached hydrogens (tertiary/aromatic N) is 1. The molecule has 1 nitrogen and oxygen atoms in total. The summed E-state index contributed by atoms with van der Waals surface area (Å²) in [6, 6.07) is 8.75. The van der Waals surface area contributed by atoms with E-state index in [1.807, 2.05) is 0 Å². The Balaban J connectivity index is 1.82. The van der Waals surface area contributed by atoms with E-state index in [-0.39, 0.29) is 0 Å². The summed E-state index contributed by atoms with van der Waals surface area (Å²) < 4.78 is 1.50. The van der Waals surface area contributed by atoms with Crippen molar-refractivity contribution >= 4 is 14.5 Å². The molecule has 94 valence electrons. The maximum absolute atomic E-state index is 4.92. The van der Waals surface area contributed by atoms with Crippen LogP contribution in [-0.2, 0) is 0 Å². The van der Waals surface area contributed by atoms with Crippen LogP contribution in [0, 0.1) is 6.92 Å². The Morgan fingerprint density at radius 3 is 2.50 bits per heavy atom. The fourth-order valence-corrected chi connectivity index (χ4v) is 4.78. The van der Waals surface area contributed by atoms with Gasteiger partial charge in [0.1, 0.15) is 0 Å². The van der Waals surface area contributed by atoms with E-state index >= 15 is 0 Å². The number of hydrogen-bond donors (Lipinski definition) is 0. The first-order valence-corrected chi connectivity index (χ1v) is 8.70.